The van der Waals surface area contributed by atoms with Crippen LogP contribution in [0.5, 0.6) is 5.75 Å². The Bertz CT molecular complexity index is 513. The second-order valence-electron chi connectivity index (χ2n) is 5.34. The monoisotopic (exact) mass is 320 g/mol. The summed E-state index contributed by atoms with van der Waals surface area (Å²) in [5.74, 6) is 0.665. The maximum absolute atomic E-state index is 12.6. The number of piperazine rings is 1. The third-order valence-corrected chi connectivity index (χ3v) is 3.79. The molecule has 6 nitrogen and oxygen atoms in total. The zero-order valence-electron chi connectivity index (χ0n) is 13.7. The molecule has 0 saturated carbocycles. The standard InChI is InChI=1S/C17H24N2O4/c1-3-15(23-14-8-6-5-7-9-14)16(20)18-10-12-19(13-11-18)17(21)22-4-2/h5-9,15H,3-4,10-13H2,1-2H3. The second-order valence-corrected chi connectivity index (χ2v) is 5.34. The summed E-state index contributed by atoms with van der Waals surface area (Å²) in [6.45, 7) is 6.07. The van der Waals surface area contributed by atoms with Crippen LogP contribution in [0.25, 0.3) is 0 Å². The number of amides is 2. The van der Waals surface area contributed by atoms with Crippen molar-refractivity contribution in [3.63, 3.8) is 0 Å². The molecule has 1 heterocycles. The van der Waals surface area contributed by atoms with Crippen LogP contribution in [0.2, 0.25) is 0 Å². The largest absolute Gasteiger partial charge is 0.481 e. The number of rotatable bonds is 5. The number of ether oxygens (including phenoxy) is 2. The van der Waals surface area contributed by atoms with Gasteiger partial charge in [0.1, 0.15) is 5.75 Å². The lowest BCUT2D eigenvalue weighted by molar-refractivity contribution is -0.140. The Hall–Kier alpha value is -2.24. The van der Waals surface area contributed by atoms with Crippen molar-refractivity contribution in [2.45, 2.75) is 26.4 Å². The summed E-state index contributed by atoms with van der Waals surface area (Å²) < 4.78 is 10.8. The van der Waals surface area contributed by atoms with Crippen LogP contribution in [0, 0.1) is 0 Å². The quantitative estimate of drug-likeness (QED) is 0.834. The number of para-hydroxylation sites is 1. The zero-order chi connectivity index (χ0) is 16.7. The molecule has 2 amide bonds. The van der Waals surface area contributed by atoms with Crippen molar-refractivity contribution >= 4 is 12.0 Å². The van der Waals surface area contributed by atoms with Crippen LogP contribution in [-0.4, -0.2) is 60.7 Å². The molecule has 126 valence electrons. The number of carbonyl (C=O) groups excluding carboxylic acids is 2. The topological polar surface area (TPSA) is 59.1 Å². The third-order valence-electron chi connectivity index (χ3n) is 3.79. The molecule has 0 aliphatic carbocycles. The van der Waals surface area contributed by atoms with E-state index in [4.69, 9.17) is 9.47 Å². The lowest BCUT2D eigenvalue weighted by atomic mass is 10.2. The molecule has 1 aromatic carbocycles. The van der Waals surface area contributed by atoms with Gasteiger partial charge in [0.05, 0.1) is 6.61 Å². The van der Waals surface area contributed by atoms with Gasteiger partial charge in [-0.15, -0.1) is 0 Å². The molecule has 1 fully saturated rings. The molecule has 1 saturated heterocycles. The highest BCUT2D eigenvalue weighted by atomic mass is 16.6. The minimum absolute atomic E-state index is 0.0279. The van der Waals surface area contributed by atoms with Gasteiger partial charge >= 0.3 is 6.09 Å². The average Bonchev–Trinajstić information content (AvgIpc) is 2.60. The molecule has 1 aliphatic rings. The van der Waals surface area contributed by atoms with E-state index in [0.29, 0.717) is 45.0 Å². The molecule has 6 heteroatoms. The van der Waals surface area contributed by atoms with E-state index in [9.17, 15) is 9.59 Å². The van der Waals surface area contributed by atoms with E-state index in [1.54, 1.807) is 16.7 Å². The zero-order valence-corrected chi connectivity index (χ0v) is 13.7. The Labute approximate surface area is 137 Å². The van der Waals surface area contributed by atoms with Gasteiger partial charge in [-0.3, -0.25) is 4.79 Å². The first kappa shape index (κ1) is 17.1. The predicted octanol–water partition coefficient (Wildman–Crippen LogP) is 2.14. The van der Waals surface area contributed by atoms with Gasteiger partial charge in [0.15, 0.2) is 6.10 Å². The van der Waals surface area contributed by atoms with Gasteiger partial charge in [-0.25, -0.2) is 4.79 Å². The molecule has 0 N–H and O–H groups in total. The number of hydrogen-bond donors (Lipinski definition) is 0. The highest BCUT2D eigenvalue weighted by Crippen LogP contribution is 2.15. The molecule has 0 bridgehead atoms. The third kappa shape index (κ3) is 4.61. The molecule has 1 unspecified atom stereocenters. The summed E-state index contributed by atoms with van der Waals surface area (Å²) in [5.41, 5.74) is 0. The smallest absolute Gasteiger partial charge is 0.409 e. The molecule has 0 spiro atoms. The van der Waals surface area contributed by atoms with Gasteiger partial charge in [0.2, 0.25) is 0 Å². The summed E-state index contributed by atoms with van der Waals surface area (Å²) in [6, 6.07) is 9.35. The number of benzene rings is 1. The van der Waals surface area contributed by atoms with E-state index in [1.807, 2.05) is 37.3 Å². The average molecular weight is 320 g/mol. The Balaban J connectivity index is 1.88. The minimum Gasteiger partial charge on any atom is -0.481 e. The molecular weight excluding hydrogens is 296 g/mol. The summed E-state index contributed by atoms with van der Waals surface area (Å²) in [7, 11) is 0. The molecule has 1 aliphatic heterocycles. The van der Waals surface area contributed by atoms with Gasteiger partial charge in [-0.2, -0.15) is 0 Å². The fourth-order valence-corrected chi connectivity index (χ4v) is 2.50. The van der Waals surface area contributed by atoms with E-state index >= 15 is 0 Å². The first-order valence-electron chi connectivity index (χ1n) is 8.07. The Kier molecular flexibility index (Phi) is 6.26. The highest BCUT2D eigenvalue weighted by Gasteiger charge is 2.29. The maximum atomic E-state index is 12.6. The van der Waals surface area contributed by atoms with Crippen molar-refractivity contribution in [3.8, 4) is 5.75 Å². The summed E-state index contributed by atoms with van der Waals surface area (Å²) in [5, 5.41) is 0. The van der Waals surface area contributed by atoms with Crippen LogP contribution in [0.1, 0.15) is 20.3 Å². The first-order chi connectivity index (χ1) is 11.2. The van der Waals surface area contributed by atoms with E-state index in [2.05, 4.69) is 0 Å². The lowest BCUT2D eigenvalue weighted by Crippen LogP contribution is -2.53. The van der Waals surface area contributed by atoms with Crippen LogP contribution in [0.15, 0.2) is 30.3 Å². The molecule has 2 rings (SSSR count). The SMILES string of the molecule is CCOC(=O)N1CCN(C(=O)C(CC)Oc2ccccc2)CC1. The van der Waals surface area contributed by atoms with Crippen LogP contribution in [0.4, 0.5) is 4.79 Å². The van der Waals surface area contributed by atoms with Crippen LogP contribution < -0.4 is 4.74 Å². The molecular formula is C17H24N2O4. The summed E-state index contributed by atoms with van der Waals surface area (Å²) in [4.78, 5) is 27.7. The van der Waals surface area contributed by atoms with E-state index in [1.165, 1.54) is 0 Å². The van der Waals surface area contributed by atoms with Crippen molar-refractivity contribution in [3.05, 3.63) is 30.3 Å². The van der Waals surface area contributed by atoms with Crippen LogP contribution in [0.3, 0.4) is 0 Å². The van der Waals surface area contributed by atoms with Crippen LogP contribution >= 0.6 is 0 Å². The number of carbonyl (C=O) groups is 2. The van der Waals surface area contributed by atoms with E-state index < -0.39 is 6.10 Å². The minimum atomic E-state index is -0.494. The molecule has 1 atom stereocenters. The van der Waals surface area contributed by atoms with Crippen molar-refractivity contribution in [2.24, 2.45) is 0 Å². The Morgan fingerprint density at radius 3 is 2.22 bits per heavy atom. The van der Waals surface area contributed by atoms with Gasteiger partial charge in [0, 0.05) is 26.2 Å². The van der Waals surface area contributed by atoms with E-state index in [0.717, 1.165) is 0 Å². The molecule has 0 aromatic heterocycles. The van der Waals surface area contributed by atoms with Gasteiger partial charge in [0.25, 0.3) is 5.91 Å². The van der Waals surface area contributed by atoms with E-state index in [-0.39, 0.29) is 12.0 Å². The van der Waals surface area contributed by atoms with Crippen molar-refractivity contribution in [1.82, 2.24) is 9.80 Å². The fraction of sp³-hybridized carbons (Fsp3) is 0.529. The fourth-order valence-electron chi connectivity index (χ4n) is 2.50. The molecule has 1 aromatic rings. The first-order valence-corrected chi connectivity index (χ1v) is 8.07. The molecule has 0 radical (unpaired) electrons. The summed E-state index contributed by atoms with van der Waals surface area (Å²) >= 11 is 0. The predicted molar refractivity (Wildman–Crippen MR) is 86.3 cm³/mol. The number of hydrogen-bond acceptors (Lipinski definition) is 4. The van der Waals surface area contributed by atoms with Crippen molar-refractivity contribution < 1.29 is 19.1 Å². The number of nitrogens with zero attached hydrogens (tertiary/aromatic N) is 2. The van der Waals surface area contributed by atoms with Gasteiger partial charge in [-0.05, 0) is 25.5 Å². The highest BCUT2D eigenvalue weighted by molar-refractivity contribution is 5.81. The van der Waals surface area contributed by atoms with Crippen molar-refractivity contribution in [1.29, 1.82) is 0 Å². The maximum Gasteiger partial charge on any atom is 0.409 e. The molecule has 23 heavy (non-hydrogen) atoms. The van der Waals surface area contributed by atoms with Crippen molar-refractivity contribution in [2.75, 3.05) is 32.8 Å². The Morgan fingerprint density at radius 2 is 1.65 bits per heavy atom. The van der Waals surface area contributed by atoms with Gasteiger partial charge < -0.3 is 19.3 Å². The van der Waals surface area contributed by atoms with Crippen LogP contribution in [-0.2, 0) is 9.53 Å². The lowest BCUT2D eigenvalue weighted by Gasteiger charge is -2.35. The van der Waals surface area contributed by atoms with Gasteiger partial charge in [-0.1, -0.05) is 25.1 Å². The second kappa shape index (κ2) is 8.41. The summed E-state index contributed by atoms with van der Waals surface area (Å²) in [6.07, 6.45) is -0.204. The normalized spacial score (nSPS) is 15.9. The Morgan fingerprint density at radius 1 is 1.04 bits per heavy atom.